The number of rotatable bonds is 3. The summed E-state index contributed by atoms with van der Waals surface area (Å²) in [5.74, 6) is 0. The lowest BCUT2D eigenvalue weighted by Crippen LogP contribution is -2.14. The van der Waals surface area contributed by atoms with E-state index in [-0.39, 0.29) is 4.87 Å². The van der Waals surface area contributed by atoms with Crippen LogP contribution in [0, 0.1) is 0 Å². The maximum atomic E-state index is 12.0. The first-order valence-electron chi connectivity index (χ1n) is 6.12. The monoisotopic (exact) mass is 267 g/mol. The van der Waals surface area contributed by atoms with Crippen LogP contribution in [0.4, 0.5) is 0 Å². The molecule has 19 heavy (non-hydrogen) atoms. The van der Waals surface area contributed by atoms with Crippen molar-refractivity contribution in [1.29, 1.82) is 0 Å². The second kappa shape index (κ2) is 5.24. The maximum Gasteiger partial charge on any atom is 0.307 e. The van der Waals surface area contributed by atoms with Gasteiger partial charge < -0.3 is 0 Å². The molecule has 2 aromatic carbocycles. The van der Waals surface area contributed by atoms with E-state index in [1.165, 1.54) is 11.3 Å². The van der Waals surface area contributed by atoms with E-state index in [1.807, 2.05) is 70.6 Å². The minimum absolute atomic E-state index is 0.0858. The topological polar surface area (TPSA) is 22.0 Å². The van der Waals surface area contributed by atoms with Gasteiger partial charge in [-0.25, -0.2) is 0 Å². The minimum Gasteiger partial charge on any atom is -0.294 e. The predicted octanol–water partition coefficient (Wildman–Crippen LogP) is 3.63. The van der Waals surface area contributed by atoms with E-state index in [0.29, 0.717) is 6.54 Å². The summed E-state index contributed by atoms with van der Waals surface area (Å²) < 4.78 is 1.83. The van der Waals surface area contributed by atoms with E-state index in [4.69, 9.17) is 0 Å². The zero-order chi connectivity index (χ0) is 13.1. The van der Waals surface area contributed by atoms with E-state index < -0.39 is 0 Å². The number of nitrogens with zero attached hydrogens (tertiary/aromatic N) is 1. The van der Waals surface area contributed by atoms with Crippen molar-refractivity contribution in [3.05, 3.63) is 81.3 Å². The van der Waals surface area contributed by atoms with Crippen molar-refractivity contribution in [2.45, 2.75) is 6.54 Å². The first kappa shape index (κ1) is 11.9. The SMILES string of the molecule is O=c1scc(-c2ccccc2)n1Cc1ccccc1. The molecule has 0 aliphatic carbocycles. The zero-order valence-corrected chi connectivity index (χ0v) is 11.1. The standard InChI is InChI=1S/C16H13NOS/c18-16-17(11-13-7-3-1-4-8-13)15(12-19-16)14-9-5-2-6-10-14/h1-10,12H,11H2. The van der Waals surface area contributed by atoms with E-state index in [2.05, 4.69) is 0 Å². The third kappa shape index (κ3) is 2.51. The summed E-state index contributed by atoms with van der Waals surface area (Å²) in [7, 11) is 0. The highest BCUT2D eigenvalue weighted by atomic mass is 32.1. The molecule has 2 nitrogen and oxygen atoms in total. The third-order valence-corrected chi connectivity index (χ3v) is 3.80. The van der Waals surface area contributed by atoms with Crippen LogP contribution >= 0.6 is 11.3 Å². The van der Waals surface area contributed by atoms with Gasteiger partial charge in [0.25, 0.3) is 0 Å². The van der Waals surface area contributed by atoms with Crippen LogP contribution in [0.15, 0.2) is 70.8 Å². The Morgan fingerprint density at radius 2 is 1.53 bits per heavy atom. The van der Waals surface area contributed by atoms with Gasteiger partial charge in [0.05, 0.1) is 12.2 Å². The number of thiazole rings is 1. The van der Waals surface area contributed by atoms with Crippen LogP contribution in [0.2, 0.25) is 0 Å². The first-order valence-corrected chi connectivity index (χ1v) is 7.00. The molecule has 0 unspecified atom stereocenters. The molecule has 0 saturated carbocycles. The van der Waals surface area contributed by atoms with Gasteiger partial charge in [-0.2, -0.15) is 0 Å². The lowest BCUT2D eigenvalue weighted by Gasteiger charge is -2.07. The van der Waals surface area contributed by atoms with Gasteiger partial charge in [0.2, 0.25) is 0 Å². The molecule has 3 heteroatoms. The second-order valence-electron chi connectivity index (χ2n) is 4.32. The van der Waals surface area contributed by atoms with Gasteiger partial charge in [0, 0.05) is 5.38 Å². The van der Waals surface area contributed by atoms with Gasteiger partial charge >= 0.3 is 4.87 Å². The van der Waals surface area contributed by atoms with Crippen molar-refractivity contribution in [3.8, 4) is 11.3 Å². The number of hydrogen-bond acceptors (Lipinski definition) is 2. The normalized spacial score (nSPS) is 10.5. The second-order valence-corrected chi connectivity index (χ2v) is 5.15. The van der Waals surface area contributed by atoms with Gasteiger partial charge in [0.1, 0.15) is 0 Å². The molecule has 0 saturated heterocycles. The van der Waals surface area contributed by atoms with Crippen molar-refractivity contribution >= 4 is 11.3 Å². The highest BCUT2D eigenvalue weighted by Crippen LogP contribution is 2.20. The summed E-state index contributed by atoms with van der Waals surface area (Å²) >= 11 is 1.25. The zero-order valence-electron chi connectivity index (χ0n) is 10.3. The Hall–Kier alpha value is -2.13. The van der Waals surface area contributed by atoms with Crippen LogP contribution in [0.3, 0.4) is 0 Å². The van der Waals surface area contributed by atoms with Crippen LogP contribution in [-0.2, 0) is 6.54 Å². The number of benzene rings is 2. The predicted molar refractivity (Wildman–Crippen MR) is 79.6 cm³/mol. The van der Waals surface area contributed by atoms with Crippen molar-refractivity contribution < 1.29 is 0 Å². The molecule has 1 heterocycles. The summed E-state index contributed by atoms with van der Waals surface area (Å²) in [6.07, 6.45) is 0. The number of hydrogen-bond donors (Lipinski definition) is 0. The van der Waals surface area contributed by atoms with Gasteiger partial charge in [-0.15, -0.1) is 0 Å². The van der Waals surface area contributed by atoms with Crippen molar-refractivity contribution in [2.24, 2.45) is 0 Å². The quantitative estimate of drug-likeness (QED) is 0.710. The third-order valence-electron chi connectivity index (χ3n) is 3.04. The average Bonchev–Trinajstić information content (AvgIpc) is 2.82. The summed E-state index contributed by atoms with van der Waals surface area (Å²) in [5.41, 5.74) is 3.21. The minimum atomic E-state index is 0.0858. The Bertz CT molecular complexity index is 713. The van der Waals surface area contributed by atoms with E-state index in [9.17, 15) is 4.79 Å². The van der Waals surface area contributed by atoms with E-state index in [1.54, 1.807) is 0 Å². The highest BCUT2D eigenvalue weighted by molar-refractivity contribution is 7.07. The van der Waals surface area contributed by atoms with Crippen molar-refractivity contribution in [1.82, 2.24) is 4.57 Å². The summed E-state index contributed by atoms with van der Waals surface area (Å²) in [4.78, 5) is 12.1. The molecule has 0 fully saturated rings. The van der Waals surface area contributed by atoms with Gasteiger partial charge in [0.15, 0.2) is 0 Å². The molecular formula is C16H13NOS. The van der Waals surface area contributed by atoms with Crippen LogP contribution in [-0.4, -0.2) is 4.57 Å². The molecular weight excluding hydrogens is 254 g/mol. The molecule has 3 rings (SSSR count). The van der Waals surface area contributed by atoms with E-state index >= 15 is 0 Å². The Morgan fingerprint density at radius 1 is 0.895 bits per heavy atom. The highest BCUT2D eigenvalue weighted by Gasteiger charge is 2.08. The van der Waals surface area contributed by atoms with E-state index in [0.717, 1.165) is 16.8 Å². The molecule has 0 N–H and O–H groups in total. The molecule has 0 spiro atoms. The molecule has 94 valence electrons. The Balaban J connectivity index is 2.03. The van der Waals surface area contributed by atoms with Crippen LogP contribution in [0.1, 0.15) is 5.56 Å². The molecule has 0 amide bonds. The Kier molecular flexibility index (Phi) is 3.29. The largest absolute Gasteiger partial charge is 0.307 e. The lowest BCUT2D eigenvalue weighted by atomic mass is 10.1. The molecule has 0 atom stereocenters. The molecule has 1 aromatic heterocycles. The molecule has 0 aliphatic heterocycles. The summed E-state index contributed by atoms with van der Waals surface area (Å²) in [6.45, 7) is 0.618. The van der Waals surface area contributed by atoms with Crippen LogP contribution in [0.5, 0.6) is 0 Å². The van der Waals surface area contributed by atoms with Crippen molar-refractivity contribution in [3.63, 3.8) is 0 Å². The Morgan fingerprint density at radius 3 is 2.21 bits per heavy atom. The van der Waals surface area contributed by atoms with Crippen LogP contribution < -0.4 is 4.87 Å². The van der Waals surface area contributed by atoms with Gasteiger partial charge in [-0.3, -0.25) is 9.36 Å². The summed E-state index contributed by atoms with van der Waals surface area (Å²) in [6, 6.07) is 20.1. The maximum absolute atomic E-state index is 12.0. The fraction of sp³-hybridized carbons (Fsp3) is 0.0625. The molecule has 0 radical (unpaired) electrons. The molecule has 3 aromatic rings. The fourth-order valence-electron chi connectivity index (χ4n) is 2.08. The average molecular weight is 267 g/mol. The fourth-order valence-corrected chi connectivity index (χ4v) is 2.85. The molecule has 0 aliphatic rings. The smallest absolute Gasteiger partial charge is 0.294 e. The van der Waals surface area contributed by atoms with Gasteiger partial charge in [-0.05, 0) is 11.1 Å². The number of aromatic nitrogens is 1. The van der Waals surface area contributed by atoms with Crippen LogP contribution in [0.25, 0.3) is 11.3 Å². The first-order chi connectivity index (χ1) is 9.34. The Labute approximate surface area is 115 Å². The van der Waals surface area contributed by atoms with Crippen molar-refractivity contribution in [2.75, 3.05) is 0 Å². The van der Waals surface area contributed by atoms with Gasteiger partial charge in [-0.1, -0.05) is 72.0 Å². The summed E-state index contributed by atoms with van der Waals surface area (Å²) in [5, 5.41) is 1.93. The molecule has 0 bridgehead atoms. The lowest BCUT2D eigenvalue weighted by molar-refractivity contribution is 0.792.